The molecule has 2 N–H and O–H groups in total. The van der Waals surface area contributed by atoms with Gasteiger partial charge in [0.1, 0.15) is 4.90 Å². The summed E-state index contributed by atoms with van der Waals surface area (Å²) in [5, 5.41) is 3.81. The van der Waals surface area contributed by atoms with Crippen molar-refractivity contribution >= 4 is 15.8 Å². The van der Waals surface area contributed by atoms with Crippen molar-refractivity contribution in [2.75, 3.05) is 19.3 Å². The average molecular weight is 232 g/mol. The number of nitrogens with zero attached hydrogens (tertiary/aromatic N) is 3. The van der Waals surface area contributed by atoms with E-state index in [0.29, 0.717) is 6.54 Å². The number of hydrogen-bond donors (Lipinski definition) is 1. The lowest BCUT2D eigenvalue weighted by molar-refractivity contribution is 0.468. The molecule has 0 aromatic carbocycles. The molecule has 1 aromatic rings. The molecule has 0 spiro atoms. The van der Waals surface area contributed by atoms with Crippen molar-refractivity contribution in [3.05, 3.63) is 6.20 Å². The van der Waals surface area contributed by atoms with Crippen LogP contribution in [0.3, 0.4) is 0 Å². The van der Waals surface area contributed by atoms with E-state index in [1.807, 2.05) is 6.92 Å². The summed E-state index contributed by atoms with van der Waals surface area (Å²) in [7, 11) is -0.319. The lowest BCUT2D eigenvalue weighted by Crippen LogP contribution is -2.27. The van der Waals surface area contributed by atoms with Crippen LogP contribution in [0.1, 0.15) is 13.3 Å². The number of anilines is 1. The lowest BCUT2D eigenvalue weighted by atomic mass is 10.5. The van der Waals surface area contributed by atoms with Crippen molar-refractivity contribution in [1.82, 2.24) is 14.1 Å². The smallest absolute Gasteiger partial charge is 0.248 e. The summed E-state index contributed by atoms with van der Waals surface area (Å²) in [6.07, 6.45) is 2.17. The molecule has 0 amide bonds. The van der Waals surface area contributed by atoms with Gasteiger partial charge >= 0.3 is 0 Å². The minimum absolute atomic E-state index is 0.0421. The van der Waals surface area contributed by atoms with Crippen LogP contribution in [0.15, 0.2) is 11.1 Å². The Balaban J connectivity index is 3.11. The summed E-state index contributed by atoms with van der Waals surface area (Å²) >= 11 is 0. The van der Waals surface area contributed by atoms with Crippen molar-refractivity contribution in [2.45, 2.75) is 18.2 Å². The van der Waals surface area contributed by atoms with Crippen LogP contribution < -0.4 is 5.73 Å². The maximum Gasteiger partial charge on any atom is 0.248 e. The minimum Gasteiger partial charge on any atom is -0.381 e. The van der Waals surface area contributed by atoms with Crippen molar-refractivity contribution < 1.29 is 8.42 Å². The first kappa shape index (κ1) is 12.0. The fraction of sp³-hybridized carbons (Fsp3) is 0.625. The molecule has 1 heterocycles. The van der Waals surface area contributed by atoms with Gasteiger partial charge in [0.15, 0.2) is 5.82 Å². The Hall–Kier alpha value is -1.08. The van der Waals surface area contributed by atoms with Crippen LogP contribution in [0.2, 0.25) is 0 Å². The molecule has 0 aliphatic heterocycles. The molecular weight excluding hydrogens is 216 g/mol. The van der Waals surface area contributed by atoms with E-state index in [-0.39, 0.29) is 10.7 Å². The van der Waals surface area contributed by atoms with E-state index in [1.54, 1.807) is 7.05 Å². The predicted molar refractivity (Wildman–Crippen MR) is 57.7 cm³/mol. The van der Waals surface area contributed by atoms with Gasteiger partial charge in [-0.1, -0.05) is 6.92 Å². The molecular formula is C8H16N4O2S. The van der Waals surface area contributed by atoms with Gasteiger partial charge in [-0.2, -0.15) is 5.10 Å². The van der Waals surface area contributed by atoms with Crippen LogP contribution in [0.4, 0.5) is 5.82 Å². The molecule has 1 rings (SSSR count). The van der Waals surface area contributed by atoms with E-state index >= 15 is 0 Å². The number of hydrogen-bond acceptors (Lipinski definition) is 4. The highest BCUT2D eigenvalue weighted by Gasteiger charge is 2.24. The quantitative estimate of drug-likeness (QED) is 0.794. The third-order valence-electron chi connectivity index (χ3n) is 2.05. The monoisotopic (exact) mass is 232 g/mol. The van der Waals surface area contributed by atoms with Crippen LogP contribution >= 0.6 is 0 Å². The summed E-state index contributed by atoms with van der Waals surface area (Å²) in [6.45, 7) is 2.38. The summed E-state index contributed by atoms with van der Waals surface area (Å²) in [5.41, 5.74) is 5.52. The van der Waals surface area contributed by atoms with Crippen molar-refractivity contribution in [3.63, 3.8) is 0 Å². The molecule has 7 heteroatoms. The summed E-state index contributed by atoms with van der Waals surface area (Å²) in [5.74, 6) is 0.0421. The Morgan fingerprint density at radius 2 is 2.20 bits per heavy atom. The van der Waals surface area contributed by atoms with Crippen molar-refractivity contribution in [1.29, 1.82) is 0 Å². The summed E-state index contributed by atoms with van der Waals surface area (Å²) < 4.78 is 26.6. The largest absolute Gasteiger partial charge is 0.381 e. The zero-order valence-corrected chi connectivity index (χ0v) is 9.95. The first-order chi connectivity index (χ1) is 6.89. The lowest BCUT2D eigenvalue weighted by Gasteiger charge is -2.14. The maximum absolute atomic E-state index is 11.9. The highest BCUT2D eigenvalue weighted by atomic mass is 32.2. The average Bonchev–Trinajstić information content (AvgIpc) is 2.46. The molecule has 86 valence electrons. The normalized spacial score (nSPS) is 12.3. The number of sulfonamides is 1. The Morgan fingerprint density at radius 1 is 1.60 bits per heavy atom. The molecule has 0 radical (unpaired) electrons. The van der Waals surface area contributed by atoms with Crippen LogP contribution in [0, 0.1) is 0 Å². The SMILES string of the molecule is CCCN(C)S(=O)(=O)c1cn(C)nc1N. The zero-order chi connectivity index (χ0) is 11.6. The molecule has 6 nitrogen and oxygen atoms in total. The molecule has 0 saturated heterocycles. The van der Waals surface area contributed by atoms with Crippen molar-refractivity contribution in [2.24, 2.45) is 7.05 Å². The van der Waals surface area contributed by atoms with Gasteiger partial charge in [-0.15, -0.1) is 0 Å². The zero-order valence-electron chi connectivity index (χ0n) is 9.14. The van der Waals surface area contributed by atoms with Crippen LogP contribution in [0.5, 0.6) is 0 Å². The van der Waals surface area contributed by atoms with E-state index in [2.05, 4.69) is 5.10 Å². The molecule has 15 heavy (non-hydrogen) atoms. The molecule has 0 aliphatic rings. The van der Waals surface area contributed by atoms with Gasteiger partial charge in [-0.05, 0) is 6.42 Å². The topological polar surface area (TPSA) is 81.2 Å². The van der Waals surface area contributed by atoms with E-state index in [1.165, 1.54) is 22.2 Å². The molecule has 1 aromatic heterocycles. The van der Waals surface area contributed by atoms with Crippen LogP contribution in [-0.4, -0.2) is 36.1 Å². The summed E-state index contributed by atoms with van der Waals surface area (Å²) in [6, 6.07) is 0. The maximum atomic E-state index is 11.9. The number of aromatic nitrogens is 2. The van der Waals surface area contributed by atoms with Gasteiger partial charge in [0.25, 0.3) is 0 Å². The third kappa shape index (κ3) is 2.29. The standard InChI is InChI=1S/C8H16N4O2S/c1-4-5-12(3)15(13,14)7-6-11(2)10-8(7)9/h6H,4-5H2,1-3H3,(H2,9,10). The fourth-order valence-electron chi connectivity index (χ4n) is 1.29. The second-order valence-corrected chi connectivity index (χ2v) is 5.39. The molecule has 0 atom stereocenters. The number of aryl methyl sites for hydroxylation is 1. The predicted octanol–water partition coefficient (Wildman–Crippen LogP) is 0.0328. The Kier molecular flexibility index (Phi) is 3.35. The van der Waals surface area contributed by atoms with E-state index < -0.39 is 10.0 Å². The molecule has 0 unspecified atom stereocenters. The second-order valence-electron chi connectivity index (χ2n) is 3.38. The number of nitrogens with two attached hydrogens (primary N) is 1. The van der Waals surface area contributed by atoms with Gasteiger partial charge in [0, 0.05) is 26.8 Å². The van der Waals surface area contributed by atoms with E-state index in [4.69, 9.17) is 5.73 Å². The second kappa shape index (κ2) is 4.19. The van der Waals surface area contributed by atoms with Gasteiger partial charge in [-0.3, -0.25) is 4.68 Å². The van der Waals surface area contributed by atoms with E-state index in [0.717, 1.165) is 6.42 Å². The minimum atomic E-state index is -3.49. The van der Waals surface area contributed by atoms with Crippen LogP contribution in [-0.2, 0) is 17.1 Å². The molecule has 0 bridgehead atoms. The Morgan fingerprint density at radius 3 is 2.60 bits per heavy atom. The summed E-state index contributed by atoms with van der Waals surface area (Å²) in [4.78, 5) is 0.0703. The molecule has 0 fully saturated rings. The van der Waals surface area contributed by atoms with Gasteiger partial charge < -0.3 is 5.73 Å². The van der Waals surface area contributed by atoms with E-state index in [9.17, 15) is 8.42 Å². The highest BCUT2D eigenvalue weighted by molar-refractivity contribution is 7.89. The van der Waals surface area contributed by atoms with Crippen LogP contribution in [0.25, 0.3) is 0 Å². The van der Waals surface area contributed by atoms with Gasteiger partial charge in [-0.25, -0.2) is 12.7 Å². The first-order valence-electron chi connectivity index (χ1n) is 4.65. The van der Waals surface area contributed by atoms with Gasteiger partial charge in [0.05, 0.1) is 0 Å². The Labute approximate surface area is 89.7 Å². The molecule has 0 aliphatic carbocycles. The first-order valence-corrected chi connectivity index (χ1v) is 6.09. The number of rotatable bonds is 4. The van der Waals surface area contributed by atoms with Gasteiger partial charge in [0.2, 0.25) is 10.0 Å². The van der Waals surface area contributed by atoms with Crippen molar-refractivity contribution in [3.8, 4) is 0 Å². The number of nitrogen functional groups attached to an aromatic ring is 1. The fourth-order valence-corrected chi connectivity index (χ4v) is 2.64. The molecule has 0 saturated carbocycles. The third-order valence-corrected chi connectivity index (χ3v) is 3.92. The Bertz CT molecular complexity index is 437. The highest BCUT2D eigenvalue weighted by Crippen LogP contribution is 2.19.